The molecule has 0 radical (unpaired) electrons. The van der Waals surface area contributed by atoms with Crippen LogP contribution in [-0.2, 0) is 9.47 Å². The number of anilines is 1. The zero-order valence-electron chi connectivity index (χ0n) is 19.6. The van der Waals surface area contributed by atoms with Crippen molar-refractivity contribution in [3.8, 4) is 5.69 Å². The predicted molar refractivity (Wildman–Crippen MR) is 131 cm³/mol. The van der Waals surface area contributed by atoms with Crippen molar-refractivity contribution in [3.63, 3.8) is 0 Å². The van der Waals surface area contributed by atoms with Crippen molar-refractivity contribution in [3.05, 3.63) is 59.7 Å². The summed E-state index contributed by atoms with van der Waals surface area (Å²) in [5.41, 5.74) is 9.87. The minimum absolute atomic E-state index is 0.177. The van der Waals surface area contributed by atoms with E-state index in [0.29, 0.717) is 46.5 Å². The molecule has 4 rings (SSSR count). The van der Waals surface area contributed by atoms with Gasteiger partial charge in [0.15, 0.2) is 5.65 Å². The summed E-state index contributed by atoms with van der Waals surface area (Å²) in [5.74, 6) is -0.748. The lowest BCUT2D eigenvalue weighted by Crippen LogP contribution is -2.15. The lowest BCUT2D eigenvalue weighted by molar-refractivity contribution is 0.0337. The van der Waals surface area contributed by atoms with Gasteiger partial charge in [-0.05, 0) is 56.2 Å². The Balaban J connectivity index is 1.82. The van der Waals surface area contributed by atoms with Crippen LogP contribution in [0.25, 0.3) is 27.9 Å². The fourth-order valence-corrected chi connectivity index (χ4v) is 3.59. The lowest BCUT2D eigenvalue weighted by atomic mass is 10.2. The SMILES string of the molecule is CCCCOC(=O)c1ccc(-n2c(N)c(C(=O)OC(C)CC)c3nc4ccccc4nc32)cc1. The van der Waals surface area contributed by atoms with Gasteiger partial charge in [-0.15, -0.1) is 0 Å². The molecule has 0 bridgehead atoms. The summed E-state index contributed by atoms with van der Waals surface area (Å²) in [5, 5.41) is 0. The highest BCUT2D eigenvalue weighted by Crippen LogP contribution is 2.32. The zero-order valence-corrected chi connectivity index (χ0v) is 19.6. The highest BCUT2D eigenvalue weighted by atomic mass is 16.5. The number of hydrogen-bond donors (Lipinski definition) is 1. The van der Waals surface area contributed by atoms with Crippen LogP contribution < -0.4 is 5.73 Å². The highest BCUT2D eigenvalue weighted by Gasteiger charge is 2.27. The number of para-hydroxylation sites is 2. The number of nitrogens with zero attached hydrogens (tertiary/aromatic N) is 3. The van der Waals surface area contributed by atoms with Crippen LogP contribution in [0.1, 0.15) is 60.7 Å². The molecule has 0 amide bonds. The summed E-state index contributed by atoms with van der Waals surface area (Å²) >= 11 is 0. The van der Waals surface area contributed by atoms with Gasteiger partial charge < -0.3 is 15.2 Å². The summed E-state index contributed by atoms with van der Waals surface area (Å²) in [7, 11) is 0. The van der Waals surface area contributed by atoms with Crippen LogP contribution in [0.15, 0.2) is 48.5 Å². The number of rotatable bonds is 8. The molecule has 0 saturated carbocycles. The van der Waals surface area contributed by atoms with Crippen LogP contribution in [0.2, 0.25) is 0 Å². The molecule has 0 aliphatic rings. The Morgan fingerprint density at radius 3 is 2.32 bits per heavy atom. The first-order valence-electron chi connectivity index (χ1n) is 11.5. The van der Waals surface area contributed by atoms with Gasteiger partial charge in [0.05, 0.1) is 29.3 Å². The predicted octanol–water partition coefficient (Wildman–Crippen LogP) is 5.07. The van der Waals surface area contributed by atoms with Crippen molar-refractivity contribution in [1.29, 1.82) is 0 Å². The van der Waals surface area contributed by atoms with Gasteiger partial charge in [0.25, 0.3) is 0 Å². The molecule has 0 aliphatic heterocycles. The van der Waals surface area contributed by atoms with E-state index in [1.807, 2.05) is 45.0 Å². The van der Waals surface area contributed by atoms with E-state index in [9.17, 15) is 9.59 Å². The molecular weight excluding hydrogens is 432 g/mol. The van der Waals surface area contributed by atoms with Crippen LogP contribution in [-0.4, -0.2) is 39.2 Å². The largest absolute Gasteiger partial charge is 0.462 e. The second-order valence-electron chi connectivity index (χ2n) is 8.14. The first-order valence-corrected chi connectivity index (χ1v) is 11.5. The number of carbonyl (C=O) groups is 2. The molecule has 0 spiro atoms. The Hall–Kier alpha value is -3.94. The van der Waals surface area contributed by atoms with Crippen molar-refractivity contribution < 1.29 is 19.1 Å². The molecule has 4 aromatic rings. The smallest absolute Gasteiger partial charge is 0.344 e. The first kappa shape index (κ1) is 23.2. The van der Waals surface area contributed by atoms with E-state index >= 15 is 0 Å². The van der Waals surface area contributed by atoms with E-state index in [0.717, 1.165) is 12.8 Å². The van der Waals surface area contributed by atoms with Gasteiger partial charge in [-0.2, -0.15) is 0 Å². The summed E-state index contributed by atoms with van der Waals surface area (Å²) in [6.07, 6.45) is 2.17. The van der Waals surface area contributed by atoms with E-state index in [2.05, 4.69) is 4.98 Å². The Morgan fingerprint density at radius 1 is 1.00 bits per heavy atom. The average Bonchev–Trinajstić information content (AvgIpc) is 3.13. The van der Waals surface area contributed by atoms with Gasteiger partial charge in [-0.25, -0.2) is 19.6 Å². The number of hydrogen-bond acceptors (Lipinski definition) is 7. The number of esters is 2. The van der Waals surface area contributed by atoms with Crippen molar-refractivity contribution in [2.45, 2.75) is 46.1 Å². The molecule has 2 N–H and O–H groups in total. The van der Waals surface area contributed by atoms with Crippen molar-refractivity contribution in [2.75, 3.05) is 12.3 Å². The summed E-state index contributed by atoms with van der Waals surface area (Å²) < 4.78 is 12.5. The molecule has 1 atom stereocenters. The van der Waals surface area contributed by atoms with Gasteiger partial charge in [0.1, 0.15) is 16.9 Å². The normalized spacial score (nSPS) is 12.1. The van der Waals surface area contributed by atoms with Crippen molar-refractivity contribution >= 4 is 40.0 Å². The van der Waals surface area contributed by atoms with E-state index in [1.165, 1.54) is 0 Å². The van der Waals surface area contributed by atoms with Crippen LogP contribution >= 0.6 is 0 Å². The number of ether oxygens (including phenoxy) is 2. The van der Waals surface area contributed by atoms with E-state index in [4.69, 9.17) is 20.2 Å². The van der Waals surface area contributed by atoms with Gasteiger partial charge in [-0.1, -0.05) is 32.4 Å². The fourth-order valence-electron chi connectivity index (χ4n) is 3.59. The van der Waals surface area contributed by atoms with E-state index in [-0.39, 0.29) is 23.5 Å². The lowest BCUT2D eigenvalue weighted by Gasteiger charge is -2.11. The van der Waals surface area contributed by atoms with Crippen molar-refractivity contribution in [1.82, 2.24) is 14.5 Å². The molecule has 2 aromatic heterocycles. The molecule has 34 heavy (non-hydrogen) atoms. The topological polar surface area (TPSA) is 109 Å². The minimum atomic E-state index is -0.545. The highest BCUT2D eigenvalue weighted by molar-refractivity contribution is 6.09. The maximum absolute atomic E-state index is 13.1. The molecule has 0 fully saturated rings. The number of nitrogens with two attached hydrogens (primary N) is 1. The Labute approximate surface area is 197 Å². The summed E-state index contributed by atoms with van der Waals surface area (Å²) in [6, 6.07) is 14.2. The van der Waals surface area contributed by atoms with Gasteiger partial charge in [0, 0.05) is 5.69 Å². The standard InChI is InChI=1S/C26H28N4O4/c1-4-6-15-33-25(31)17-11-13-18(14-12-17)30-23(27)21(26(32)34-16(3)5-2)22-24(30)29-20-10-8-7-9-19(20)28-22/h7-14,16H,4-6,15,27H2,1-3H3. The molecule has 8 heteroatoms. The molecule has 2 aromatic carbocycles. The quantitative estimate of drug-likeness (QED) is 0.289. The van der Waals surface area contributed by atoms with Crippen LogP contribution in [0, 0.1) is 0 Å². The van der Waals surface area contributed by atoms with Crippen LogP contribution in [0.4, 0.5) is 5.82 Å². The monoisotopic (exact) mass is 460 g/mol. The number of nitrogen functional groups attached to an aromatic ring is 1. The molecule has 1 unspecified atom stereocenters. The third-order valence-electron chi connectivity index (χ3n) is 5.68. The molecule has 8 nitrogen and oxygen atoms in total. The summed E-state index contributed by atoms with van der Waals surface area (Å²) in [4.78, 5) is 34.8. The van der Waals surface area contributed by atoms with Gasteiger partial charge >= 0.3 is 11.9 Å². The number of benzene rings is 2. The second-order valence-corrected chi connectivity index (χ2v) is 8.14. The van der Waals surface area contributed by atoms with Gasteiger partial charge in [0.2, 0.25) is 0 Å². The van der Waals surface area contributed by atoms with Crippen LogP contribution in [0.5, 0.6) is 0 Å². The Kier molecular flexibility index (Phi) is 6.77. The molecule has 0 aliphatic carbocycles. The van der Waals surface area contributed by atoms with Crippen molar-refractivity contribution in [2.24, 2.45) is 0 Å². The first-order chi connectivity index (χ1) is 16.4. The number of aromatic nitrogens is 3. The van der Waals surface area contributed by atoms with E-state index in [1.54, 1.807) is 28.8 Å². The molecule has 0 saturated heterocycles. The Morgan fingerprint density at radius 2 is 1.68 bits per heavy atom. The summed E-state index contributed by atoms with van der Waals surface area (Å²) in [6.45, 7) is 6.18. The number of unbranched alkanes of at least 4 members (excludes halogenated alkanes) is 1. The van der Waals surface area contributed by atoms with Crippen LogP contribution in [0.3, 0.4) is 0 Å². The second kappa shape index (κ2) is 9.91. The van der Waals surface area contributed by atoms with E-state index < -0.39 is 5.97 Å². The van der Waals surface area contributed by atoms with Gasteiger partial charge in [-0.3, -0.25) is 4.57 Å². The average molecular weight is 461 g/mol. The molecule has 176 valence electrons. The molecular formula is C26H28N4O4. The third kappa shape index (κ3) is 4.44. The maximum Gasteiger partial charge on any atom is 0.344 e. The minimum Gasteiger partial charge on any atom is -0.462 e. The number of carbonyl (C=O) groups excluding carboxylic acids is 2. The Bertz CT molecular complexity index is 1340. The molecule has 2 heterocycles. The number of fused-ring (bicyclic) bond motifs is 2. The fraction of sp³-hybridized carbons (Fsp3) is 0.308. The maximum atomic E-state index is 13.1. The third-order valence-corrected chi connectivity index (χ3v) is 5.68. The zero-order chi connectivity index (χ0) is 24.2.